The number of carboxylic acid groups (broad SMARTS) is 1. The summed E-state index contributed by atoms with van der Waals surface area (Å²) < 4.78 is 7.68. The molecule has 0 spiro atoms. The fraction of sp³-hybridized carbons (Fsp3) is 0.263. The van der Waals surface area contributed by atoms with Crippen LogP contribution in [-0.4, -0.2) is 67.1 Å². The Morgan fingerprint density at radius 3 is 1.96 bits per heavy atom. The van der Waals surface area contributed by atoms with E-state index >= 15 is 0 Å². The number of benzene rings is 4. The minimum Gasteiger partial charge on any atom is -0.489 e. The maximum absolute atomic E-state index is 14.7. The van der Waals surface area contributed by atoms with E-state index in [9.17, 15) is 14.7 Å². The summed E-state index contributed by atoms with van der Waals surface area (Å²) in [4.78, 5) is 30.5. The highest BCUT2D eigenvalue weighted by atomic mass is 16.5. The lowest BCUT2D eigenvalue weighted by Gasteiger charge is -2.51. The van der Waals surface area contributed by atoms with Crippen LogP contribution in [0.4, 0.5) is 4.79 Å². The van der Waals surface area contributed by atoms with Crippen LogP contribution in [0.25, 0.3) is 16.9 Å². The van der Waals surface area contributed by atoms with E-state index in [1.165, 1.54) is 4.90 Å². The third kappa shape index (κ3) is 6.89. The molecule has 2 atom stereocenters. The summed E-state index contributed by atoms with van der Waals surface area (Å²) in [6.07, 6.45) is -0.487. The highest BCUT2D eigenvalue weighted by Crippen LogP contribution is 2.36. The van der Waals surface area contributed by atoms with Gasteiger partial charge in [-0.25, -0.2) is 9.48 Å². The Morgan fingerprint density at radius 2 is 1.36 bits per heavy atom. The molecule has 1 saturated heterocycles. The third-order valence-electron chi connectivity index (χ3n) is 8.61. The molecule has 0 radical (unpaired) electrons. The minimum atomic E-state index is -0.984. The van der Waals surface area contributed by atoms with E-state index in [2.05, 4.69) is 10.3 Å². The van der Waals surface area contributed by atoms with Gasteiger partial charge in [0.25, 0.3) is 5.91 Å². The van der Waals surface area contributed by atoms with Crippen LogP contribution in [0.1, 0.15) is 42.4 Å². The molecule has 2 amide bonds. The van der Waals surface area contributed by atoms with Crippen molar-refractivity contribution >= 4 is 12.0 Å². The predicted molar refractivity (Wildman–Crippen MR) is 181 cm³/mol. The monoisotopic (exact) mass is 629 g/mol. The zero-order chi connectivity index (χ0) is 33.0. The van der Waals surface area contributed by atoms with Crippen molar-refractivity contribution in [2.24, 2.45) is 5.41 Å². The van der Waals surface area contributed by atoms with Crippen molar-refractivity contribution in [2.45, 2.75) is 45.9 Å². The van der Waals surface area contributed by atoms with E-state index in [4.69, 9.17) is 4.74 Å². The third-order valence-corrected chi connectivity index (χ3v) is 8.61. The molecule has 9 heteroatoms. The van der Waals surface area contributed by atoms with Gasteiger partial charge in [0.1, 0.15) is 18.1 Å². The molecule has 0 bridgehead atoms. The van der Waals surface area contributed by atoms with Gasteiger partial charge in [0.2, 0.25) is 0 Å². The molecule has 1 aliphatic heterocycles. The molecule has 1 N–H and O–H groups in total. The van der Waals surface area contributed by atoms with Crippen molar-refractivity contribution in [3.8, 4) is 22.7 Å². The van der Waals surface area contributed by atoms with Crippen LogP contribution in [0.5, 0.6) is 5.75 Å². The fourth-order valence-electron chi connectivity index (χ4n) is 6.51. The van der Waals surface area contributed by atoms with Crippen LogP contribution in [0.2, 0.25) is 0 Å². The molecule has 9 nitrogen and oxygen atoms in total. The number of piperazine rings is 1. The number of hydrogen-bond acceptors (Lipinski definition) is 5. The average Bonchev–Trinajstić information content (AvgIpc) is 3.53. The number of carbonyl (C=O) groups excluding carboxylic acids is 1. The molecule has 240 valence electrons. The number of hydrogen-bond donors (Lipinski definition) is 1. The number of rotatable bonds is 8. The first kappa shape index (κ1) is 31.5. The van der Waals surface area contributed by atoms with Gasteiger partial charge in [0.05, 0.1) is 17.8 Å². The molecule has 6 rings (SSSR count). The molecule has 47 heavy (non-hydrogen) atoms. The van der Waals surface area contributed by atoms with Gasteiger partial charge < -0.3 is 19.6 Å². The first-order chi connectivity index (χ1) is 22.7. The molecule has 1 aromatic heterocycles. The van der Waals surface area contributed by atoms with Crippen molar-refractivity contribution < 1.29 is 19.4 Å². The van der Waals surface area contributed by atoms with E-state index in [-0.39, 0.29) is 24.7 Å². The lowest BCUT2D eigenvalue weighted by atomic mass is 9.77. The predicted octanol–water partition coefficient (Wildman–Crippen LogP) is 6.98. The van der Waals surface area contributed by atoms with Crippen LogP contribution in [0.15, 0.2) is 115 Å². The SMILES string of the molecule is CC(C)(C)C1C(Cc2ccccc2)N(C(=O)c2nnn(-c3ccc(OCc4ccccc4)cc3)c2-c2ccccc2)CCN1C(=O)O. The molecule has 1 aliphatic rings. The number of ether oxygens (including phenoxy) is 1. The second kappa shape index (κ2) is 13.5. The van der Waals surface area contributed by atoms with Crippen molar-refractivity contribution in [2.75, 3.05) is 13.1 Å². The van der Waals surface area contributed by atoms with Crippen LogP contribution in [0.3, 0.4) is 0 Å². The molecule has 5 aromatic rings. The Kier molecular flexibility index (Phi) is 9.06. The van der Waals surface area contributed by atoms with Gasteiger partial charge in [0, 0.05) is 18.7 Å². The van der Waals surface area contributed by atoms with Gasteiger partial charge in [-0.15, -0.1) is 5.10 Å². The Hall–Kier alpha value is -5.44. The van der Waals surface area contributed by atoms with Crippen molar-refractivity contribution in [1.29, 1.82) is 0 Å². The lowest BCUT2D eigenvalue weighted by molar-refractivity contribution is -0.0146. The first-order valence-corrected chi connectivity index (χ1v) is 15.8. The molecule has 2 heterocycles. The summed E-state index contributed by atoms with van der Waals surface area (Å²) in [5, 5.41) is 19.2. The lowest BCUT2D eigenvalue weighted by Crippen LogP contribution is -2.66. The molecular weight excluding hydrogens is 590 g/mol. The van der Waals surface area contributed by atoms with E-state index in [1.807, 2.05) is 141 Å². The van der Waals surface area contributed by atoms with Gasteiger partial charge >= 0.3 is 6.09 Å². The van der Waals surface area contributed by atoms with Crippen LogP contribution < -0.4 is 4.74 Å². The Balaban J connectivity index is 1.37. The van der Waals surface area contributed by atoms with Crippen molar-refractivity contribution in [3.63, 3.8) is 0 Å². The summed E-state index contributed by atoms with van der Waals surface area (Å²) in [6.45, 7) is 6.97. The molecule has 0 saturated carbocycles. The van der Waals surface area contributed by atoms with Crippen LogP contribution in [0, 0.1) is 5.41 Å². The minimum absolute atomic E-state index is 0.202. The molecule has 0 aliphatic carbocycles. The number of aromatic nitrogens is 3. The largest absolute Gasteiger partial charge is 0.489 e. The molecular formula is C38H39N5O4. The van der Waals surface area contributed by atoms with Gasteiger partial charge in [-0.2, -0.15) is 0 Å². The summed E-state index contributed by atoms with van der Waals surface area (Å²) in [5.74, 6) is 0.432. The van der Waals surface area contributed by atoms with Crippen LogP contribution >= 0.6 is 0 Å². The van der Waals surface area contributed by atoms with Crippen molar-refractivity contribution in [3.05, 3.63) is 132 Å². The smallest absolute Gasteiger partial charge is 0.407 e. The standard InChI is InChI=1S/C38H39N5O4/c1-38(2,3)35-32(25-27-13-7-4-8-14-27)41(23-24-42(35)37(45)46)36(44)33-34(29-17-11-6-12-18-29)43(40-39-33)30-19-21-31(22-20-30)47-26-28-15-9-5-10-16-28/h4-22,32,35H,23-26H2,1-3H3,(H,45,46). The number of nitrogens with zero attached hydrogens (tertiary/aromatic N) is 5. The summed E-state index contributed by atoms with van der Waals surface area (Å²) in [6, 6.07) is 36.2. The Labute approximate surface area is 275 Å². The zero-order valence-corrected chi connectivity index (χ0v) is 26.9. The first-order valence-electron chi connectivity index (χ1n) is 15.8. The summed E-state index contributed by atoms with van der Waals surface area (Å²) in [5.41, 5.74) is 3.97. The fourth-order valence-corrected chi connectivity index (χ4v) is 6.51. The van der Waals surface area contributed by atoms with Gasteiger partial charge in [-0.3, -0.25) is 4.79 Å². The van der Waals surface area contributed by atoms with E-state index in [1.54, 1.807) is 4.68 Å². The zero-order valence-electron chi connectivity index (χ0n) is 26.9. The van der Waals surface area contributed by atoms with Gasteiger partial charge in [0.15, 0.2) is 5.69 Å². The Morgan fingerprint density at radius 1 is 0.787 bits per heavy atom. The van der Waals surface area contributed by atoms with Crippen molar-refractivity contribution in [1.82, 2.24) is 24.8 Å². The van der Waals surface area contributed by atoms with Gasteiger partial charge in [-0.05, 0) is 47.2 Å². The second-order valence-electron chi connectivity index (χ2n) is 12.9. The highest BCUT2D eigenvalue weighted by molar-refractivity contribution is 5.98. The highest BCUT2D eigenvalue weighted by Gasteiger charge is 2.47. The second-order valence-corrected chi connectivity index (χ2v) is 12.9. The van der Waals surface area contributed by atoms with E-state index in [0.29, 0.717) is 24.5 Å². The topological polar surface area (TPSA) is 101 Å². The normalized spacial score (nSPS) is 16.6. The van der Waals surface area contributed by atoms with E-state index in [0.717, 1.165) is 22.4 Å². The average molecular weight is 630 g/mol. The number of carbonyl (C=O) groups is 2. The maximum Gasteiger partial charge on any atom is 0.407 e. The maximum atomic E-state index is 14.7. The quantitative estimate of drug-likeness (QED) is 0.199. The van der Waals surface area contributed by atoms with Gasteiger partial charge in [-0.1, -0.05) is 117 Å². The number of amides is 2. The van der Waals surface area contributed by atoms with Crippen LogP contribution in [-0.2, 0) is 13.0 Å². The van der Waals surface area contributed by atoms with E-state index < -0.39 is 23.6 Å². The molecule has 4 aromatic carbocycles. The summed E-state index contributed by atoms with van der Waals surface area (Å²) >= 11 is 0. The molecule has 1 fully saturated rings. The molecule has 2 unspecified atom stereocenters. The summed E-state index contributed by atoms with van der Waals surface area (Å²) in [7, 11) is 0. The Bertz CT molecular complexity index is 1800.